The second-order valence-electron chi connectivity index (χ2n) is 7.46. The topological polar surface area (TPSA) is 94.4 Å². The lowest BCUT2D eigenvalue weighted by atomic mass is 10.1. The SMILES string of the molecule is CS(=O)(=O)c1ccc(-n2ccc(OC3CCN(c4ncc(Br)cn4)CC3)cc2=O)c(F)c1. The molecule has 1 aliphatic rings. The summed E-state index contributed by atoms with van der Waals surface area (Å²) in [7, 11) is -3.54. The van der Waals surface area contributed by atoms with Crippen molar-refractivity contribution < 1.29 is 17.5 Å². The first-order chi connectivity index (χ1) is 15.2. The molecule has 0 aliphatic carbocycles. The Morgan fingerprint density at radius 3 is 2.41 bits per heavy atom. The van der Waals surface area contributed by atoms with Gasteiger partial charge < -0.3 is 9.64 Å². The van der Waals surface area contributed by atoms with Gasteiger partial charge in [0, 0.05) is 56.8 Å². The van der Waals surface area contributed by atoms with E-state index in [-0.39, 0.29) is 16.7 Å². The summed E-state index contributed by atoms with van der Waals surface area (Å²) in [6.07, 6.45) is 7.24. The molecule has 0 atom stereocenters. The molecule has 0 saturated carbocycles. The van der Waals surface area contributed by atoms with Crippen molar-refractivity contribution in [2.45, 2.75) is 23.8 Å². The molecular weight excluding hydrogens is 503 g/mol. The van der Waals surface area contributed by atoms with Gasteiger partial charge in [-0.15, -0.1) is 0 Å². The van der Waals surface area contributed by atoms with Gasteiger partial charge in [0.2, 0.25) is 5.95 Å². The minimum absolute atomic E-state index is 0.0308. The number of ether oxygens (including phenoxy) is 1. The fourth-order valence-electron chi connectivity index (χ4n) is 3.48. The van der Waals surface area contributed by atoms with Crippen LogP contribution in [0.3, 0.4) is 0 Å². The minimum atomic E-state index is -3.54. The number of piperidine rings is 1. The first-order valence-corrected chi connectivity index (χ1v) is 12.5. The average Bonchev–Trinajstić information content (AvgIpc) is 2.75. The monoisotopic (exact) mass is 522 g/mol. The highest BCUT2D eigenvalue weighted by Crippen LogP contribution is 2.22. The Labute approximate surface area is 192 Å². The fourth-order valence-corrected chi connectivity index (χ4v) is 4.32. The second-order valence-corrected chi connectivity index (χ2v) is 10.4. The Bertz CT molecular complexity index is 1290. The molecule has 3 aromatic rings. The molecule has 0 N–H and O–H groups in total. The van der Waals surface area contributed by atoms with E-state index < -0.39 is 21.2 Å². The Hall–Kier alpha value is -2.79. The third-order valence-electron chi connectivity index (χ3n) is 5.13. The molecule has 32 heavy (non-hydrogen) atoms. The molecule has 0 unspecified atom stereocenters. The van der Waals surface area contributed by atoms with Gasteiger partial charge in [-0.05, 0) is 40.2 Å². The molecule has 2 aromatic heterocycles. The highest BCUT2D eigenvalue weighted by Gasteiger charge is 2.22. The van der Waals surface area contributed by atoms with E-state index in [1.54, 1.807) is 18.5 Å². The summed E-state index contributed by atoms with van der Waals surface area (Å²) < 4.78 is 45.5. The van der Waals surface area contributed by atoms with E-state index in [0.717, 1.165) is 47.3 Å². The Kier molecular flexibility index (Phi) is 6.29. The lowest BCUT2D eigenvalue weighted by Crippen LogP contribution is -2.39. The molecule has 0 bridgehead atoms. The fraction of sp³-hybridized carbons (Fsp3) is 0.286. The first kappa shape index (κ1) is 22.4. The van der Waals surface area contributed by atoms with Crippen LogP contribution in [0.2, 0.25) is 0 Å². The standard InChI is InChI=1S/C21H20BrFN4O4S/c1-32(29,30)17-2-3-19(18(23)11-17)27-9-6-16(10-20(27)28)31-15-4-7-26(8-5-15)21-24-12-14(22)13-25-21/h2-3,6,9-13,15H,4-5,7-8H2,1H3. The lowest BCUT2D eigenvalue weighted by molar-refractivity contribution is 0.170. The van der Waals surface area contributed by atoms with Crippen LogP contribution in [-0.4, -0.2) is 48.4 Å². The van der Waals surface area contributed by atoms with Crippen LogP contribution < -0.4 is 15.2 Å². The highest BCUT2D eigenvalue weighted by molar-refractivity contribution is 9.10. The number of sulfone groups is 1. The summed E-state index contributed by atoms with van der Waals surface area (Å²) in [4.78, 5) is 23.1. The van der Waals surface area contributed by atoms with Crippen molar-refractivity contribution in [3.8, 4) is 11.4 Å². The number of benzene rings is 1. The Balaban J connectivity index is 1.43. The van der Waals surface area contributed by atoms with E-state index >= 15 is 0 Å². The van der Waals surface area contributed by atoms with E-state index in [2.05, 4.69) is 30.8 Å². The molecule has 1 saturated heterocycles. The van der Waals surface area contributed by atoms with Crippen LogP contribution in [0.4, 0.5) is 10.3 Å². The van der Waals surface area contributed by atoms with E-state index in [0.29, 0.717) is 11.7 Å². The van der Waals surface area contributed by atoms with Crippen molar-refractivity contribution >= 4 is 31.7 Å². The van der Waals surface area contributed by atoms with E-state index in [9.17, 15) is 17.6 Å². The van der Waals surface area contributed by atoms with Crippen LogP contribution in [0, 0.1) is 5.82 Å². The van der Waals surface area contributed by atoms with Gasteiger partial charge in [0.05, 0.1) is 15.1 Å². The van der Waals surface area contributed by atoms with Gasteiger partial charge in [-0.25, -0.2) is 22.8 Å². The number of anilines is 1. The van der Waals surface area contributed by atoms with Crippen molar-refractivity contribution in [3.63, 3.8) is 0 Å². The summed E-state index contributed by atoms with van der Waals surface area (Å²) in [6.45, 7) is 1.45. The van der Waals surface area contributed by atoms with E-state index in [1.165, 1.54) is 24.4 Å². The van der Waals surface area contributed by atoms with Crippen LogP contribution in [0.15, 0.2) is 63.1 Å². The van der Waals surface area contributed by atoms with Gasteiger partial charge in [0.15, 0.2) is 9.84 Å². The zero-order valence-electron chi connectivity index (χ0n) is 17.1. The number of hydrogen-bond donors (Lipinski definition) is 0. The molecular formula is C21H20BrFN4O4S. The summed E-state index contributed by atoms with van der Waals surface area (Å²) in [5.41, 5.74) is -0.508. The predicted octanol–water partition coefficient (Wildman–Crippen LogP) is 2.98. The van der Waals surface area contributed by atoms with Crippen molar-refractivity contribution in [3.05, 3.63) is 69.6 Å². The van der Waals surface area contributed by atoms with Crippen LogP contribution >= 0.6 is 15.9 Å². The third kappa shape index (κ3) is 4.99. The van der Waals surface area contributed by atoms with Gasteiger partial charge in [-0.3, -0.25) is 9.36 Å². The quantitative estimate of drug-likeness (QED) is 0.508. The Morgan fingerprint density at radius 2 is 1.81 bits per heavy atom. The molecule has 0 amide bonds. The third-order valence-corrected chi connectivity index (χ3v) is 6.65. The molecule has 8 nitrogen and oxygen atoms in total. The van der Waals surface area contributed by atoms with E-state index in [1.807, 2.05) is 0 Å². The molecule has 0 spiro atoms. The maximum atomic E-state index is 14.4. The summed E-state index contributed by atoms with van der Waals surface area (Å²) in [6, 6.07) is 6.34. The first-order valence-electron chi connectivity index (χ1n) is 9.82. The zero-order chi connectivity index (χ0) is 22.9. The number of rotatable bonds is 5. The smallest absolute Gasteiger partial charge is 0.258 e. The molecule has 4 rings (SSSR count). The summed E-state index contributed by atoms with van der Waals surface area (Å²) >= 11 is 3.32. The van der Waals surface area contributed by atoms with Crippen molar-refractivity contribution in [2.75, 3.05) is 24.2 Å². The molecule has 1 aromatic carbocycles. The molecule has 168 valence electrons. The van der Waals surface area contributed by atoms with E-state index in [4.69, 9.17) is 4.74 Å². The van der Waals surface area contributed by atoms with Crippen molar-refractivity contribution in [1.82, 2.24) is 14.5 Å². The average molecular weight is 523 g/mol. The maximum absolute atomic E-state index is 14.4. The number of nitrogens with zero attached hydrogens (tertiary/aromatic N) is 4. The molecule has 11 heteroatoms. The van der Waals surface area contributed by atoms with Gasteiger partial charge in [0.1, 0.15) is 17.7 Å². The number of halogens is 2. The lowest BCUT2D eigenvalue weighted by Gasteiger charge is -2.32. The van der Waals surface area contributed by atoms with Crippen LogP contribution in [-0.2, 0) is 9.84 Å². The van der Waals surface area contributed by atoms with Gasteiger partial charge >= 0.3 is 0 Å². The maximum Gasteiger partial charge on any atom is 0.258 e. The van der Waals surface area contributed by atoms with Crippen LogP contribution in [0.25, 0.3) is 5.69 Å². The highest BCUT2D eigenvalue weighted by atomic mass is 79.9. The van der Waals surface area contributed by atoms with Gasteiger partial charge in [0.25, 0.3) is 5.56 Å². The number of aromatic nitrogens is 3. The largest absolute Gasteiger partial charge is 0.490 e. The normalized spacial score (nSPS) is 15.0. The molecule has 3 heterocycles. The number of hydrogen-bond acceptors (Lipinski definition) is 7. The predicted molar refractivity (Wildman–Crippen MR) is 121 cm³/mol. The summed E-state index contributed by atoms with van der Waals surface area (Å²) in [5, 5.41) is 0. The van der Waals surface area contributed by atoms with Crippen molar-refractivity contribution in [1.29, 1.82) is 0 Å². The summed E-state index contributed by atoms with van der Waals surface area (Å²) in [5.74, 6) is 0.266. The van der Waals surface area contributed by atoms with Gasteiger partial charge in [-0.2, -0.15) is 0 Å². The molecule has 1 fully saturated rings. The second kappa shape index (κ2) is 8.99. The van der Waals surface area contributed by atoms with Crippen molar-refractivity contribution in [2.24, 2.45) is 0 Å². The number of pyridine rings is 1. The molecule has 0 radical (unpaired) electrons. The van der Waals surface area contributed by atoms with Crippen LogP contribution in [0.5, 0.6) is 5.75 Å². The zero-order valence-corrected chi connectivity index (χ0v) is 19.5. The minimum Gasteiger partial charge on any atom is -0.490 e. The molecule has 1 aliphatic heterocycles. The van der Waals surface area contributed by atoms with Gasteiger partial charge in [-0.1, -0.05) is 0 Å². The van der Waals surface area contributed by atoms with Crippen LogP contribution in [0.1, 0.15) is 12.8 Å². The Morgan fingerprint density at radius 1 is 1.12 bits per heavy atom.